The number of phenolic OH excluding ortho intramolecular Hbond substituents is 1. The molecule has 1 heteroatoms. The molecule has 0 amide bonds. The van der Waals surface area contributed by atoms with Gasteiger partial charge < -0.3 is 5.11 Å². The van der Waals surface area contributed by atoms with Crippen molar-refractivity contribution in [3.8, 4) is 5.75 Å². The molecule has 0 spiro atoms. The number of rotatable bonds is 0. The highest BCUT2D eigenvalue weighted by atomic mass is 16.3. The number of phenols is 1. The number of hydrogen-bond acceptors (Lipinski definition) is 1. The van der Waals surface area contributed by atoms with Crippen LogP contribution in [0, 0.1) is 22.7 Å². The highest BCUT2D eigenvalue weighted by Crippen LogP contribution is 2.67. The molecule has 21 heavy (non-hydrogen) atoms. The van der Waals surface area contributed by atoms with E-state index in [2.05, 4.69) is 26.8 Å². The summed E-state index contributed by atoms with van der Waals surface area (Å²) in [6.45, 7) is 7.58. The van der Waals surface area contributed by atoms with Crippen molar-refractivity contribution in [1.29, 1.82) is 0 Å². The van der Waals surface area contributed by atoms with Gasteiger partial charge in [-0.1, -0.05) is 26.8 Å². The van der Waals surface area contributed by atoms with Gasteiger partial charge in [0.2, 0.25) is 0 Å². The fourth-order valence-electron chi connectivity index (χ4n) is 6.06. The number of aryl methyl sites for hydroxylation is 1. The lowest BCUT2D eigenvalue weighted by molar-refractivity contribution is -0.00854. The van der Waals surface area contributed by atoms with Crippen LogP contribution in [0.25, 0.3) is 0 Å². The molecule has 0 saturated heterocycles. The average molecular weight is 284 g/mol. The zero-order valence-electron chi connectivity index (χ0n) is 13.7. The molecular weight excluding hydrogens is 256 g/mol. The average Bonchev–Trinajstić information content (AvgIpc) is 2.69. The summed E-state index contributed by atoms with van der Waals surface area (Å²) >= 11 is 0. The largest absolute Gasteiger partial charge is 0.508 e. The van der Waals surface area contributed by atoms with E-state index in [1.807, 2.05) is 12.1 Å². The van der Waals surface area contributed by atoms with Gasteiger partial charge in [0, 0.05) is 0 Å². The van der Waals surface area contributed by atoms with Gasteiger partial charge in [-0.05, 0) is 90.4 Å². The molecule has 1 N–H and O–H groups in total. The maximum absolute atomic E-state index is 9.74. The second-order valence-electron chi connectivity index (χ2n) is 8.68. The van der Waals surface area contributed by atoms with Gasteiger partial charge in [-0.15, -0.1) is 0 Å². The van der Waals surface area contributed by atoms with Gasteiger partial charge in [-0.25, -0.2) is 0 Å². The third-order valence-electron chi connectivity index (χ3n) is 7.73. The molecule has 0 radical (unpaired) electrons. The van der Waals surface area contributed by atoms with E-state index < -0.39 is 0 Å². The smallest absolute Gasteiger partial charge is 0.115 e. The van der Waals surface area contributed by atoms with Crippen molar-refractivity contribution < 1.29 is 5.11 Å². The summed E-state index contributed by atoms with van der Waals surface area (Å²) in [7, 11) is 0. The monoisotopic (exact) mass is 284 g/mol. The Labute approximate surface area is 128 Å². The first-order valence-corrected chi connectivity index (χ1v) is 8.74. The number of aromatic hydroxyl groups is 1. The molecule has 0 bridgehead atoms. The lowest BCUT2D eigenvalue weighted by atomic mass is 9.51. The van der Waals surface area contributed by atoms with E-state index in [4.69, 9.17) is 0 Å². The summed E-state index contributed by atoms with van der Waals surface area (Å²) in [6, 6.07) is 6.12. The zero-order chi connectivity index (χ0) is 14.8. The molecule has 3 unspecified atom stereocenters. The topological polar surface area (TPSA) is 20.2 Å². The second kappa shape index (κ2) is 4.27. The van der Waals surface area contributed by atoms with Gasteiger partial charge in [0.05, 0.1) is 0 Å². The fourth-order valence-corrected chi connectivity index (χ4v) is 6.06. The Morgan fingerprint density at radius 2 is 1.86 bits per heavy atom. The molecule has 0 heterocycles. The van der Waals surface area contributed by atoms with Gasteiger partial charge in [0.15, 0.2) is 0 Å². The molecule has 0 aromatic heterocycles. The van der Waals surface area contributed by atoms with E-state index in [9.17, 15) is 5.11 Å². The molecule has 4 atom stereocenters. The van der Waals surface area contributed by atoms with Crippen LogP contribution in [-0.2, 0) is 6.42 Å². The van der Waals surface area contributed by atoms with Gasteiger partial charge in [-0.3, -0.25) is 0 Å². The van der Waals surface area contributed by atoms with Crippen LogP contribution in [0.3, 0.4) is 0 Å². The van der Waals surface area contributed by atoms with Crippen LogP contribution in [0.2, 0.25) is 0 Å². The number of benzene rings is 1. The Kier molecular flexibility index (Phi) is 2.78. The minimum atomic E-state index is 0.440. The Hall–Kier alpha value is -0.980. The van der Waals surface area contributed by atoms with Crippen molar-refractivity contribution in [2.24, 2.45) is 22.7 Å². The molecular formula is C20H28O. The Morgan fingerprint density at radius 3 is 2.67 bits per heavy atom. The maximum atomic E-state index is 9.74. The van der Waals surface area contributed by atoms with Crippen molar-refractivity contribution in [2.45, 2.75) is 65.2 Å². The quantitative estimate of drug-likeness (QED) is 0.687. The minimum Gasteiger partial charge on any atom is -0.508 e. The SMILES string of the molecule is CC1(C)CCC2C3CCc4cc(O)ccc4C3CC[C@@]21C. The van der Waals surface area contributed by atoms with Crippen LogP contribution in [0.15, 0.2) is 18.2 Å². The van der Waals surface area contributed by atoms with Crippen LogP contribution >= 0.6 is 0 Å². The first-order chi connectivity index (χ1) is 9.92. The van der Waals surface area contributed by atoms with Crippen LogP contribution in [0.4, 0.5) is 0 Å². The molecule has 1 nitrogen and oxygen atoms in total. The summed E-state index contributed by atoms with van der Waals surface area (Å²) in [4.78, 5) is 0. The Bertz CT molecular complexity index is 573. The summed E-state index contributed by atoms with van der Waals surface area (Å²) in [6.07, 6.45) is 8.05. The third-order valence-corrected chi connectivity index (χ3v) is 7.73. The first-order valence-electron chi connectivity index (χ1n) is 8.74. The van der Waals surface area contributed by atoms with Crippen molar-refractivity contribution in [2.75, 3.05) is 0 Å². The van der Waals surface area contributed by atoms with Crippen LogP contribution in [0.1, 0.15) is 69.9 Å². The van der Waals surface area contributed by atoms with E-state index in [0.29, 0.717) is 16.6 Å². The van der Waals surface area contributed by atoms with Gasteiger partial charge >= 0.3 is 0 Å². The molecule has 114 valence electrons. The first kappa shape index (κ1) is 13.7. The molecule has 3 aliphatic rings. The van der Waals surface area contributed by atoms with Gasteiger partial charge in [0.25, 0.3) is 0 Å². The summed E-state index contributed by atoms with van der Waals surface area (Å²) < 4.78 is 0. The van der Waals surface area contributed by atoms with Crippen LogP contribution in [-0.4, -0.2) is 5.11 Å². The summed E-state index contributed by atoms with van der Waals surface area (Å²) in [5.41, 5.74) is 4.02. The van der Waals surface area contributed by atoms with Gasteiger partial charge in [-0.2, -0.15) is 0 Å². The Morgan fingerprint density at radius 1 is 1.05 bits per heavy atom. The standard InChI is InChI=1S/C20H28O/c1-19(2)10-9-18-17-6-4-13-12-14(21)5-7-15(13)16(17)8-11-20(18,19)3/h5,7,12,16-18,21H,4,6,8-11H2,1-3H3/t16?,17?,18?,20-/m0/s1. The molecule has 3 aliphatic carbocycles. The number of hydrogen-bond donors (Lipinski definition) is 1. The zero-order valence-corrected chi connectivity index (χ0v) is 13.7. The van der Waals surface area contributed by atoms with Crippen molar-refractivity contribution >= 4 is 0 Å². The van der Waals surface area contributed by atoms with Crippen molar-refractivity contribution in [1.82, 2.24) is 0 Å². The maximum Gasteiger partial charge on any atom is 0.115 e. The van der Waals surface area contributed by atoms with Crippen LogP contribution in [0.5, 0.6) is 5.75 Å². The van der Waals surface area contributed by atoms with Crippen LogP contribution < -0.4 is 0 Å². The minimum absolute atomic E-state index is 0.440. The lowest BCUT2D eigenvalue weighted by Crippen LogP contribution is -2.45. The van der Waals surface area contributed by atoms with E-state index in [1.54, 1.807) is 5.56 Å². The predicted molar refractivity (Wildman–Crippen MR) is 86.5 cm³/mol. The predicted octanol–water partition coefficient (Wildman–Crippen LogP) is 5.27. The molecule has 2 saturated carbocycles. The lowest BCUT2D eigenvalue weighted by Gasteiger charge is -2.53. The normalized spacial score (nSPS) is 40.2. The molecule has 4 rings (SSSR count). The molecule has 0 aliphatic heterocycles. The third kappa shape index (κ3) is 1.76. The molecule has 1 aromatic rings. The fraction of sp³-hybridized carbons (Fsp3) is 0.700. The second-order valence-corrected chi connectivity index (χ2v) is 8.68. The molecule has 1 aromatic carbocycles. The van der Waals surface area contributed by atoms with E-state index in [-0.39, 0.29) is 0 Å². The van der Waals surface area contributed by atoms with E-state index >= 15 is 0 Å². The molecule has 2 fully saturated rings. The van der Waals surface area contributed by atoms with E-state index in [0.717, 1.165) is 24.2 Å². The Balaban J connectivity index is 1.72. The van der Waals surface area contributed by atoms with Crippen molar-refractivity contribution in [3.05, 3.63) is 29.3 Å². The number of fused-ring (bicyclic) bond motifs is 5. The van der Waals surface area contributed by atoms with E-state index in [1.165, 1.54) is 37.7 Å². The summed E-state index contributed by atoms with van der Waals surface area (Å²) in [5.74, 6) is 2.98. The summed E-state index contributed by atoms with van der Waals surface area (Å²) in [5, 5.41) is 9.74. The highest BCUT2D eigenvalue weighted by Gasteiger charge is 2.57. The van der Waals surface area contributed by atoms with Crippen molar-refractivity contribution in [3.63, 3.8) is 0 Å². The van der Waals surface area contributed by atoms with Gasteiger partial charge in [0.1, 0.15) is 5.75 Å². The highest BCUT2D eigenvalue weighted by molar-refractivity contribution is 5.40.